The van der Waals surface area contributed by atoms with Crippen molar-refractivity contribution in [1.82, 2.24) is 19.9 Å². The number of hydrazone groups is 1. The van der Waals surface area contributed by atoms with Gasteiger partial charge in [-0.3, -0.25) is 10.3 Å². The highest BCUT2D eigenvalue weighted by atomic mass is 16.5. The van der Waals surface area contributed by atoms with E-state index in [2.05, 4.69) is 55.2 Å². The molecule has 0 aliphatic carbocycles. The van der Waals surface area contributed by atoms with E-state index in [0.29, 0.717) is 18.4 Å². The zero-order chi connectivity index (χ0) is 22.9. The van der Waals surface area contributed by atoms with Crippen molar-refractivity contribution in [3.63, 3.8) is 0 Å². The largest absolute Gasteiger partial charge is 0.462 e. The lowest BCUT2D eigenvalue weighted by atomic mass is 10.2. The molecular formula is C24H33N7O2. The second-order valence-electron chi connectivity index (χ2n) is 7.94. The fourth-order valence-corrected chi connectivity index (χ4v) is 3.86. The van der Waals surface area contributed by atoms with Crippen molar-refractivity contribution in [3.05, 3.63) is 42.1 Å². The van der Waals surface area contributed by atoms with Crippen LogP contribution >= 0.6 is 0 Å². The van der Waals surface area contributed by atoms with Crippen LogP contribution in [0, 0.1) is 0 Å². The third kappa shape index (κ3) is 6.21. The molecule has 3 heterocycles. The van der Waals surface area contributed by atoms with Crippen molar-refractivity contribution in [3.8, 4) is 6.01 Å². The van der Waals surface area contributed by atoms with E-state index < -0.39 is 0 Å². The number of H-pyrrole nitrogens is 1. The van der Waals surface area contributed by atoms with Crippen LogP contribution in [0.5, 0.6) is 6.01 Å². The van der Waals surface area contributed by atoms with Gasteiger partial charge < -0.3 is 19.4 Å². The van der Waals surface area contributed by atoms with Crippen LogP contribution in [0.2, 0.25) is 0 Å². The van der Waals surface area contributed by atoms with Crippen LogP contribution < -0.4 is 15.1 Å². The van der Waals surface area contributed by atoms with Gasteiger partial charge in [-0.2, -0.15) is 15.1 Å². The number of para-hydroxylation sites is 1. The number of hydrogen-bond donors (Lipinski definition) is 2. The molecule has 9 heteroatoms. The Morgan fingerprint density at radius 2 is 2.09 bits per heavy atom. The smallest absolute Gasteiger partial charge is 0.320 e. The Bertz CT molecular complexity index is 1050. The fraction of sp³-hybridized carbons (Fsp3) is 0.458. The van der Waals surface area contributed by atoms with Gasteiger partial charge in [0.25, 0.3) is 0 Å². The van der Waals surface area contributed by atoms with Crippen LogP contribution in [0.4, 0.5) is 11.6 Å². The molecule has 0 saturated carbocycles. The molecule has 1 aliphatic rings. The maximum absolute atomic E-state index is 5.94. The Morgan fingerprint density at radius 3 is 2.91 bits per heavy atom. The molecule has 0 unspecified atom stereocenters. The van der Waals surface area contributed by atoms with Gasteiger partial charge in [0.05, 0.1) is 19.4 Å². The molecule has 2 N–H and O–H groups in total. The molecule has 0 amide bonds. The van der Waals surface area contributed by atoms with Gasteiger partial charge in [0.15, 0.2) is 5.82 Å². The minimum absolute atomic E-state index is 0.361. The summed E-state index contributed by atoms with van der Waals surface area (Å²) in [5.74, 6) is 1.44. The maximum atomic E-state index is 5.94. The number of aromatic amines is 1. The lowest BCUT2D eigenvalue weighted by molar-refractivity contribution is 0.0317. The van der Waals surface area contributed by atoms with Crippen molar-refractivity contribution in [2.75, 3.05) is 62.9 Å². The lowest BCUT2D eigenvalue weighted by Gasteiger charge is -2.26. The molecule has 1 saturated heterocycles. The zero-order valence-corrected chi connectivity index (χ0v) is 19.5. The summed E-state index contributed by atoms with van der Waals surface area (Å²) in [5.41, 5.74) is 5.15. The van der Waals surface area contributed by atoms with Crippen LogP contribution in [-0.2, 0) is 4.74 Å². The number of nitrogens with zero attached hydrogens (tertiary/aromatic N) is 5. The first kappa shape index (κ1) is 23.0. The molecule has 9 nitrogen and oxygen atoms in total. The normalized spacial score (nSPS) is 14.7. The van der Waals surface area contributed by atoms with E-state index in [4.69, 9.17) is 9.47 Å². The summed E-state index contributed by atoms with van der Waals surface area (Å²) < 4.78 is 11.4. The Kier molecular flexibility index (Phi) is 8.10. The number of fused-ring (bicyclic) bond motifs is 1. The average Bonchev–Trinajstić information content (AvgIpc) is 3.26. The van der Waals surface area contributed by atoms with Gasteiger partial charge in [0.1, 0.15) is 12.4 Å². The van der Waals surface area contributed by atoms with Crippen molar-refractivity contribution < 1.29 is 9.47 Å². The van der Waals surface area contributed by atoms with Gasteiger partial charge in [0.2, 0.25) is 0 Å². The van der Waals surface area contributed by atoms with E-state index in [9.17, 15) is 0 Å². The van der Waals surface area contributed by atoms with E-state index in [0.717, 1.165) is 74.6 Å². The number of aromatic nitrogens is 3. The van der Waals surface area contributed by atoms with Crippen molar-refractivity contribution in [2.24, 2.45) is 5.10 Å². The molecule has 176 valence electrons. The number of nitrogens with one attached hydrogen (secondary N) is 2. The molecule has 0 bridgehead atoms. The van der Waals surface area contributed by atoms with E-state index >= 15 is 0 Å². The van der Waals surface area contributed by atoms with Crippen LogP contribution in [0.1, 0.15) is 25.8 Å². The standard InChI is InChI=1S/C24H33N7O2/c1-3-9-31(4-2)23-16-22(27-24(28-23)33-15-12-30-10-13-32-14-11-30)29-26-18-19-17-25-21-8-6-5-7-20(19)21/h5-8,16-18,25H,3-4,9-15H2,1-2H3,(H,27,28,29)/b26-18+. The highest BCUT2D eigenvalue weighted by molar-refractivity contribution is 5.99. The number of morpholine rings is 1. The van der Waals surface area contributed by atoms with Crippen molar-refractivity contribution >= 4 is 28.8 Å². The summed E-state index contributed by atoms with van der Waals surface area (Å²) >= 11 is 0. The Balaban J connectivity index is 1.46. The molecule has 33 heavy (non-hydrogen) atoms. The predicted octanol–water partition coefficient (Wildman–Crippen LogP) is 3.35. The van der Waals surface area contributed by atoms with Crippen molar-refractivity contribution in [2.45, 2.75) is 20.3 Å². The molecule has 1 aliphatic heterocycles. The molecule has 1 fully saturated rings. The minimum Gasteiger partial charge on any atom is -0.462 e. The van der Waals surface area contributed by atoms with Gasteiger partial charge in [0, 0.05) is 61.5 Å². The van der Waals surface area contributed by atoms with E-state index in [1.807, 2.05) is 30.5 Å². The van der Waals surface area contributed by atoms with Gasteiger partial charge in [-0.15, -0.1) is 0 Å². The number of benzene rings is 1. The lowest BCUT2D eigenvalue weighted by Crippen LogP contribution is -2.38. The van der Waals surface area contributed by atoms with Crippen LogP contribution in [0.3, 0.4) is 0 Å². The Labute approximate surface area is 194 Å². The van der Waals surface area contributed by atoms with Gasteiger partial charge in [-0.05, 0) is 19.4 Å². The highest BCUT2D eigenvalue weighted by Crippen LogP contribution is 2.20. The van der Waals surface area contributed by atoms with Gasteiger partial charge >= 0.3 is 6.01 Å². The summed E-state index contributed by atoms with van der Waals surface area (Å²) in [6.07, 6.45) is 4.78. The minimum atomic E-state index is 0.361. The fourth-order valence-electron chi connectivity index (χ4n) is 3.86. The maximum Gasteiger partial charge on any atom is 0.320 e. The molecule has 4 rings (SSSR count). The summed E-state index contributed by atoms with van der Waals surface area (Å²) in [5, 5.41) is 5.54. The topological polar surface area (TPSA) is 90.9 Å². The first-order valence-corrected chi connectivity index (χ1v) is 11.7. The zero-order valence-electron chi connectivity index (χ0n) is 19.5. The van der Waals surface area contributed by atoms with E-state index in [1.165, 1.54) is 0 Å². The Morgan fingerprint density at radius 1 is 1.24 bits per heavy atom. The average molecular weight is 452 g/mol. The van der Waals surface area contributed by atoms with Crippen molar-refractivity contribution in [1.29, 1.82) is 0 Å². The number of rotatable bonds is 11. The number of hydrogen-bond acceptors (Lipinski definition) is 8. The molecule has 0 atom stereocenters. The summed E-state index contributed by atoms with van der Waals surface area (Å²) in [6, 6.07) is 10.4. The van der Waals surface area contributed by atoms with Crippen LogP contribution in [-0.4, -0.2) is 78.6 Å². The molecule has 2 aromatic heterocycles. The summed E-state index contributed by atoms with van der Waals surface area (Å²) in [6.45, 7) is 10.8. The second-order valence-corrected chi connectivity index (χ2v) is 7.94. The van der Waals surface area contributed by atoms with Crippen LogP contribution in [0.15, 0.2) is 41.6 Å². The van der Waals surface area contributed by atoms with E-state index in [-0.39, 0.29) is 0 Å². The number of anilines is 2. The first-order valence-electron chi connectivity index (χ1n) is 11.7. The predicted molar refractivity (Wildman–Crippen MR) is 132 cm³/mol. The quantitative estimate of drug-likeness (QED) is 0.341. The SMILES string of the molecule is CCCN(CC)c1cc(N/N=C/c2c[nH]c3ccccc23)nc(OCCN2CCOCC2)n1. The monoisotopic (exact) mass is 451 g/mol. The highest BCUT2D eigenvalue weighted by Gasteiger charge is 2.13. The van der Waals surface area contributed by atoms with E-state index in [1.54, 1.807) is 6.21 Å². The first-order chi connectivity index (χ1) is 16.3. The summed E-state index contributed by atoms with van der Waals surface area (Å²) in [7, 11) is 0. The second kappa shape index (κ2) is 11.6. The molecule has 1 aromatic carbocycles. The van der Waals surface area contributed by atoms with Gasteiger partial charge in [-0.25, -0.2) is 0 Å². The number of ether oxygens (including phenoxy) is 2. The van der Waals surface area contributed by atoms with Crippen LogP contribution in [0.25, 0.3) is 10.9 Å². The molecule has 0 spiro atoms. The molecule has 3 aromatic rings. The molecular weight excluding hydrogens is 418 g/mol. The van der Waals surface area contributed by atoms with Gasteiger partial charge in [-0.1, -0.05) is 25.1 Å². The molecule has 0 radical (unpaired) electrons. The third-order valence-electron chi connectivity index (χ3n) is 5.64. The summed E-state index contributed by atoms with van der Waals surface area (Å²) in [4.78, 5) is 17.0. The Hall–Kier alpha value is -3.17. The third-order valence-corrected chi connectivity index (χ3v) is 5.64.